The molecule has 8 heteroatoms. The number of piperidine rings is 1. The molecular weight excluding hydrogens is 440 g/mol. The van der Waals surface area contributed by atoms with Crippen LogP contribution in [0.4, 0.5) is 8.78 Å². The quantitative estimate of drug-likeness (QED) is 0.566. The van der Waals surface area contributed by atoms with Gasteiger partial charge < -0.3 is 21.1 Å². The Labute approximate surface area is 199 Å². The van der Waals surface area contributed by atoms with Crippen molar-refractivity contribution >= 4 is 11.8 Å². The number of alkyl halides is 2. The molecule has 2 aliphatic heterocycles. The first-order chi connectivity index (χ1) is 16.2. The Bertz CT molecular complexity index is 1010. The van der Waals surface area contributed by atoms with Crippen molar-refractivity contribution in [2.45, 2.75) is 57.0 Å². The third-order valence-electron chi connectivity index (χ3n) is 7.54. The molecule has 4 atom stereocenters. The van der Waals surface area contributed by atoms with Crippen molar-refractivity contribution < 1.29 is 23.1 Å². The molecule has 0 spiro atoms. The summed E-state index contributed by atoms with van der Waals surface area (Å²) in [6, 6.07) is 9.83. The second kappa shape index (κ2) is 9.49. The highest BCUT2D eigenvalue weighted by atomic mass is 19.3. The summed E-state index contributed by atoms with van der Waals surface area (Å²) in [7, 11) is 1.52. The number of carbonyl (C=O) groups excluding carboxylic acids is 2. The number of benzene rings is 1. The standard InChI is InChI=1S/C26H33F2N3O3/c1-16-21(17-7-4-3-5-8-17)19-13-25(24(29)33,14-20(22(19)34-16)23(32)30-2)11-6-9-18-10-12-31-15-26(18,27)28/h3-5,7-8,14,16,18,21,31H,6,9-13,15H2,1-2H3,(H2,29,33)(H,30,32). The number of likely N-dealkylation sites (N-methyl/N-ethyl adjacent to an activating group) is 1. The maximum absolute atomic E-state index is 14.3. The lowest BCUT2D eigenvalue weighted by molar-refractivity contribution is -0.126. The molecule has 4 rings (SSSR count). The highest BCUT2D eigenvalue weighted by molar-refractivity contribution is 6.00. The minimum atomic E-state index is -2.77. The summed E-state index contributed by atoms with van der Waals surface area (Å²) in [5.41, 5.74) is 7.00. The zero-order valence-corrected chi connectivity index (χ0v) is 19.7. The first kappa shape index (κ1) is 24.4. The van der Waals surface area contributed by atoms with E-state index < -0.39 is 23.2 Å². The Balaban J connectivity index is 1.65. The molecule has 0 saturated carbocycles. The van der Waals surface area contributed by atoms with Crippen LogP contribution in [0.15, 0.2) is 53.3 Å². The Hall–Kier alpha value is -2.74. The predicted octanol–water partition coefficient (Wildman–Crippen LogP) is 3.41. The van der Waals surface area contributed by atoms with Crippen molar-refractivity contribution in [2.75, 3.05) is 20.1 Å². The topological polar surface area (TPSA) is 93.5 Å². The number of nitrogens with one attached hydrogen (secondary N) is 2. The number of amides is 2. The van der Waals surface area contributed by atoms with E-state index in [1.165, 1.54) is 7.05 Å². The van der Waals surface area contributed by atoms with Crippen molar-refractivity contribution in [2.24, 2.45) is 17.1 Å². The fourth-order valence-corrected chi connectivity index (χ4v) is 5.70. The minimum absolute atomic E-state index is 0.128. The Morgan fingerprint density at radius 3 is 2.65 bits per heavy atom. The van der Waals surface area contributed by atoms with Gasteiger partial charge in [0.15, 0.2) is 0 Å². The first-order valence-corrected chi connectivity index (χ1v) is 12.0. The summed E-state index contributed by atoms with van der Waals surface area (Å²) in [6.45, 7) is 2.19. The van der Waals surface area contributed by atoms with Gasteiger partial charge in [0.05, 0.1) is 17.5 Å². The number of carbonyl (C=O) groups is 2. The van der Waals surface area contributed by atoms with Crippen LogP contribution in [0.1, 0.15) is 50.5 Å². The smallest absolute Gasteiger partial charge is 0.263 e. The van der Waals surface area contributed by atoms with Gasteiger partial charge in [0.1, 0.15) is 11.9 Å². The molecule has 2 amide bonds. The van der Waals surface area contributed by atoms with Crippen LogP contribution in [0.2, 0.25) is 0 Å². The van der Waals surface area contributed by atoms with Crippen LogP contribution in [0.3, 0.4) is 0 Å². The summed E-state index contributed by atoms with van der Waals surface area (Å²) >= 11 is 0. The third kappa shape index (κ3) is 4.48. The number of ether oxygens (including phenoxy) is 1. The lowest BCUT2D eigenvalue weighted by atomic mass is 9.68. The molecule has 1 aromatic carbocycles. The third-order valence-corrected chi connectivity index (χ3v) is 7.54. The number of primary amides is 1. The molecule has 0 aromatic heterocycles. The number of hydrogen-bond acceptors (Lipinski definition) is 4. The van der Waals surface area contributed by atoms with Gasteiger partial charge in [-0.15, -0.1) is 0 Å². The molecule has 1 saturated heterocycles. The monoisotopic (exact) mass is 473 g/mol. The normalized spacial score (nSPS) is 30.2. The van der Waals surface area contributed by atoms with Crippen molar-refractivity contribution in [1.29, 1.82) is 0 Å². The van der Waals surface area contributed by atoms with Crippen LogP contribution < -0.4 is 16.4 Å². The van der Waals surface area contributed by atoms with Crippen molar-refractivity contribution in [3.8, 4) is 0 Å². The highest BCUT2D eigenvalue weighted by Gasteiger charge is 2.48. The second-order valence-corrected chi connectivity index (χ2v) is 9.72. The summed E-state index contributed by atoms with van der Waals surface area (Å²) < 4.78 is 34.8. The summed E-state index contributed by atoms with van der Waals surface area (Å²) in [4.78, 5) is 25.7. The minimum Gasteiger partial charge on any atom is -0.489 e. The fraction of sp³-hybridized carbons (Fsp3) is 0.538. The van der Waals surface area contributed by atoms with Gasteiger partial charge in [-0.3, -0.25) is 9.59 Å². The van der Waals surface area contributed by atoms with Gasteiger partial charge in [0.25, 0.3) is 11.8 Å². The van der Waals surface area contributed by atoms with Crippen molar-refractivity contribution in [1.82, 2.24) is 10.6 Å². The maximum atomic E-state index is 14.3. The van der Waals surface area contributed by atoms with E-state index in [0.29, 0.717) is 50.0 Å². The van der Waals surface area contributed by atoms with Crippen LogP contribution in [0.5, 0.6) is 0 Å². The molecule has 1 aromatic rings. The Morgan fingerprint density at radius 2 is 2.00 bits per heavy atom. The van der Waals surface area contributed by atoms with E-state index in [0.717, 1.165) is 11.1 Å². The zero-order valence-electron chi connectivity index (χ0n) is 19.7. The summed E-state index contributed by atoms with van der Waals surface area (Å²) in [5, 5.41) is 5.38. The average molecular weight is 474 g/mol. The second-order valence-electron chi connectivity index (χ2n) is 9.72. The van der Waals surface area contributed by atoms with Crippen molar-refractivity contribution in [3.63, 3.8) is 0 Å². The van der Waals surface area contributed by atoms with Gasteiger partial charge in [-0.2, -0.15) is 0 Å². The Morgan fingerprint density at radius 1 is 1.26 bits per heavy atom. The molecule has 0 bridgehead atoms. The molecule has 1 aliphatic carbocycles. The van der Waals surface area contributed by atoms with Crippen LogP contribution in [0, 0.1) is 11.3 Å². The number of rotatable bonds is 7. The van der Waals surface area contributed by atoms with Gasteiger partial charge in [-0.1, -0.05) is 42.8 Å². The highest BCUT2D eigenvalue weighted by Crippen LogP contribution is 2.52. The molecule has 4 unspecified atom stereocenters. The van der Waals surface area contributed by atoms with Gasteiger partial charge in [-0.05, 0) is 50.3 Å². The molecule has 2 heterocycles. The van der Waals surface area contributed by atoms with Gasteiger partial charge >= 0.3 is 0 Å². The van der Waals surface area contributed by atoms with E-state index in [2.05, 4.69) is 10.6 Å². The van der Waals surface area contributed by atoms with E-state index in [1.54, 1.807) is 6.08 Å². The molecule has 3 aliphatic rings. The van der Waals surface area contributed by atoms with Crippen molar-refractivity contribution in [3.05, 3.63) is 58.9 Å². The molecule has 6 nitrogen and oxygen atoms in total. The van der Waals surface area contributed by atoms with Gasteiger partial charge in [0, 0.05) is 18.9 Å². The van der Waals surface area contributed by atoms with Gasteiger partial charge in [0.2, 0.25) is 5.91 Å². The van der Waals surface area contributed by atoms with Crippen LogP contribution in [0.25, 0.3) is 0 Å². The molecule has 4 N–H and O–H groups in total. The summed E-state index contributed by atoms with van der Waals surface area (Å²) in [5.74, 6) is -4.03. The van der Waals surface area contributed by atoms with E-state index in [4.69, 9.17) is 10.5 Å². The number of hydrogen-bond donors (Lipinski definition) is 3. The lowest BCUT2D eigenvalue weighted by Gasteiger charge is -2.35. The SMILES string of the molecule is CNC(=O)C1=CC(CCCC2CCNCC2(F)F)(C(N)=O)CC2=C1OC(C)C2c1ccccc1. The van der Waals surface area contributed by atoms with Gasteiger partial charge in [-0.25, -0.2) is 8.78 Å². The number of nitrogens with two attached hydrogens (primary N) is 1. The van der Waals surface area contributed by atoms with E-state index in [1.807, 2.05) is 37.3 Å². The average Bonchev–Trinajstić information content (AvgIpc) is 3.14. The number of halogens is 2. The molecule has 0 radical (unpaired) electrons. The fourth-order valence-electron chi connectivity index (χ4n) is 5.70. The summed E-state index contributed by atoms with van der Waals surface area (Å²) in [6.07, 6.45) is 3.11. The lowest BCUT2D eigenvalue weighted by Crippen LogP contribution is -2.46. The van der Waals surface area contributed by atoms with Crippen LogP contribution >= 0.6 is 0 Å². The zero-order chi connectivity index (χ0) is 24.5. The Kier molecular flexibility index (Phi) is 6.80. The van der Waals surface area contributed by atoms with Crippen LogP contribution in [-0.4, -0.2) is 44.0 Å². The predicted molar refractivity (Wildman–Crippen MR) is 125 cm³/mol. The molecular formula is C26H33F2N3O3. The largest absolute Gasteiger partial charge is 0.489 e. The molecule has 34 heavy (non-hydrogen) atoms. The first-order valence-electron chi connectivity index (χ1n) is 12.0. The van der Waals surface area contributed by atoms with E-state index in [9.17, 15) is 18.4 Å². The van der Waals surface area contributed by atoms with E-state index >= 15 is 0 Å². The molecule has 1 fully saturated rings. The maximum Gasteiger partial charge on any atom is 0.263 e. The van der Waals surface area contributed by atoms with Crippen LogP contribution in [-0.2, 0) is 14.3 Å². The van der Waals surface area contributed by atoms with E-state index in [-0.39, 0.29) is 24.5 Å². The molecule has 184 valence electrons.